The second-order valence-corrected chi connectivity index (χ2v) is 4.68. The highest BCUT2D eigenvalue weighted by Gasteiger charge is 2.09. The first-order valence-electron chi connectivity index (χ1n) is 6.51. The van der Waals surface area contributed by atoms with Crippen molar-refractivity contribution in [1.29, 1.82) is 0 Å². The summed E-state index contributed by atoms with van der Waals surface area (Å²) in [6, 6.07) is 10.1. The van der Waals surface area contributed by atoms with Gasteiger partial charge in [-0.2, -0.15) is 0 Å². The van der Waals surface area contributed by atoms with Crippen LogP contribution in [-0.4, -0.2) is 15.9 Å². The molecule has 0 N–H and O–H groups in total. The molecule has 8 heteroatoms. The Kier molecular flexibility index (Phi) is 3.55. The van der Waals surface area contributed by atoms with E-state index in [9.17, 15) is 20.1 Å². The number of carbonyl (C=O) groups is 1. The molecular formula is C15H9N3O5. The maximum absolute atomic E-state index is 12.0. The second kappa shape index (κ2) is 5.68. The highest BCUT2D eigenvalue weighted by molar-refractivity contribution is 6.07. The number of hydrogen-bond acceptors (Lipinski definition) is 6. The number of carbonyl (C=O) groups excluding carboxylic acids is 1. The Morgan fingerprint density at radius 1 is 1.22 bits per heavy atom. The lowest BCUT2D eigenvalue weighted by Gasteiger charge is -1.96. The van der Waals surface area contributed by atoms with Gasteiger partial charge < -0.3 is 5.21 Å². The van der Waals surface area contributed by atoms with Crippen LogP contribution in [-0.2, 0) is 0 Å². The molecule has 114 valence electrons. The number of benzene rings is 2. The van der Waals surface area contributed by atoms with Crippen molar-refractivity contribution < 1.29 is 19.2 Å². The molecule has 0 unspecified atom stereocenters. The van der Waals surface area contributed by atoms with Crippen LogP contribution in [0.25, 0.3) is 17.1 Å². The number of fused-ring (bicyclic) bond motifs is 1. The van der Waals surface area contributed by atoms with Gasteiger partial charge in [-0.15, -0.1) is 0 Å². The van der Waals surface area contributed by atoms with E-state index in [-0.39, 0.29) is 21.9 Å². The lowest BCUT2D eigenvalue weighted by atomic mass is 10.1. The molecule has 0 bridgehead atoms. The number of rotatable bonds is 4. The standard InChI is InChI=1S/C15H9N3O5/c19-15(11-3-5-12(6-4-11)17(20)21)8-2-10-1-7-13-14(9-10)18(22)23-16-13/h1-9H/b8-2+. The Balaban J connectivity index is 1.81. The molecule has 3 rings (SSSR count). The average molecular weight is 311 g/mol. The van der Waals surface area contributed by atoms with Crippen LogP contribution < -0.4 is 4.90 Å². The first kappa shape index (κ1) is 14.4. The van der Waals surface area contributed by atoms with E-state index in [1.54, 1.807) is 18.2 Å². The molecule has 1 aromatic heterocycles. The molecule has 3 aromatic rings. The fraction of sp³-hybridized carbons (Fsp3) is 0. The minimum absolute atomic E-state index is 0.0801. The van der Waals surface area contributed by atoms with Gasteiger partial charge in [0.05, 0.1) is 4.92 Å². The van der Waals surface area contributed by atoms with E-state index in [0.717, 1.165) is 0 Å². The molecule has 0 atom stereocenters. The Labute approximate surface area is 128 Å². The predicted molar refractivity (Wildman–Crippen MR) is 79.4 cm³/mol. The van der Waals surface area contributed by atoms with Crippen molar-refractivity contribution in [2.75, 3.05) is 0 Å². The van der Waals surface area contributed by atoms with Crippen LogP contribution >= 0.6 is 0 Å². The van der Waals surface area contributed by atoms with Crippen molar-refractivity contribution >= 4 is 28.6 Å². The third-order valence-corrected chi connectivity index (χ3v) is 3.20. The van der Waals surface area contributed by atoms with E-state index >= 15 is 0 Å². The van der Waals surface area contributed by atoms with E-state index in [1.807, 2.05) is 0 Å². The Morgan fingerprint density at radius 3 is 2.65 bits per heavy atom. The third-order valence-electron chi connectivity index (χ3n) is 3.20. The summed E-state index contributed by atoms with van der Waals surface area (Å²) in [5, 5.41) is 25.4. The number of aromatic nitrogens is 2. The predicted octanol–water partition coefficient (Wildman–Crippen LogP) is 2.27. The van der Waals surface area contributed by atoms with Crippen LogP contribution in [0.4, 0.5) is 5.69 Å². The summed E-state index contributed by atoms with van der Waals surface area (Å²) in [5.74, 6) is -0.305. The maximum Gasteiger partial charge on any atom is 0.269 e. The molecule has 1 heterocycles. The van der Waals surface area contributed by atoms with Gasteiger partial charge in [-0.25, -0.2) is 0 Å². The quantitative estimate of drug-likeness (QED) is 0.240. The van der Waals surface area contributed by atoms with Crippen LogP contribution in [0.2, 0.25) is 0 Å². The van der Waals surface area contributed by atoms with Gasteiger partial charge in [0.2, 0.25) is 11.0 Å². The first-order valence-corrected chi connectivity index (χ1v) is 6.51. The molecule has 0 aliphatic heterocycles. The number of nitro benzene ring substituents is 1. The summed E-state index contributed by atoms with van der Waals surface area (Å²) < 4.78 is 4.46. The van der Waals surface area contributed by atoms with Gasteiger partial charge >= 0.3 is 0 Å². The molecular weight excluding hydrogens is 302 g/mol. The number of ketones is 1. The Morgan fingerprint density at radius 2 is 1.96 bits per heavy atom. The molecule has 0 saturated heterocycles. The van der Waals surface area contributed by atoms with Crippen molar-refractivity contribution in [3.05, 3.63) is 75.0 Å². The number of non-ortho nitro benzene ring substituents is 1. The van der Waals surface area contributed by atoms with Gasteiger partial charge in [-0.3, -0.25) is 19.5 Å². The van der Waals surface area contributed by atoms with Crippen molar-refractivity contribution in [3.63, 3.8) is 0 Å². The Hall–Kier alpha value is -3.55. The highest BCUT2D eigenvalue weighted by atomic mass is 16.8. The molecule has 23 heavy (non-hydrogen) atoms. The van der Waals surface area contributed by atoms with E-state index in [0.29, 0.717) is 16.6 Å². The monoisotopic (exact) mass is 311 g/mol. The zero-order valence-electron chi connectivity index (χ0n) is 11.6. The summed E-state index contributed by atoms with van der Waals surface area (Å²) in [6.07, 6.45) is 2.86. The topological polar surface area (TPSA) is 113 Å². The van der Waals surface area contributed by atoms with Crippen molar-refractivity contribution in [2.45, 2.75) is 0 Å². The summed E-state index contributed by atoms with van der Waals surface area (Å²) in [6.45, 7) is 0. The first-order chi connectivity index (χ1) is 11.0. The summed E-state index contributed by atoms with van der Waals surface area (Å²) in [5.41, 5.74) is 1.55. The number of allylic oxidation sites excluding steroid dienone is 1. The summed E-state index contributed by atoms with van der Waals surface area (Å²) >= 11 is 0. The number of nitro groups is 1. The van der Waals surface area contributed by atoms with Crippen LogP contribution in [0.3, 0.4) is 0 Å². The molecule has 0 amide bonds. The van der Waals surface area contributed by atoms with Gasteiger partial charge in [0, 0.05) is 28.9 Å². The second-order valence-electron chi connectivity index (χ2n) is 4.68. The Bertz CT molecular complexity index is 928. The average Bonchev–Trinajstić information content (AvgIpc) is 2.93. The molecule has 0 spiro atoms. The number of hydrogen-bond donors (Lipinski definition) is 0. The summed E-state index contributed by atoms with van der Waals surface area (Å²) in [4.78, 5) is 22.3. The number of nitrogens with zero attached hydrogens (tertiary/aromatic N) is 3. The minimum Gasteiger partial charge on any atom is -0.359 e. The normalized spacial score (nSPS) is 11.1. The highest BCUT2D eigenvalue weighted by Crippen LogP contribution is 2.14. The lowest BCUT2D eigenvalue weighted by Crippen LogP contribution is -2.22. The zero-order valence-corrected chi connectivity index (χ0v) is 11.6. The molecule has 2 aromatic carbocycles. The van der Waals surface area contributed by atoms with Crippen molar-refractivity contribution in [1.82, 2.24) is 5.16 Å². The van der Waals surface area contributed by atoms with Crippen molar-refractivity contribution in [3.8, 4) is 0 Å². The van der Waals surface area contributed by atoms with Gasteiger partial charge in [0.25, 0.3) is 5.69 Å². The van der Waals surface area contributed by atoms with E-state index < -0.39 is 4.92 Å². The summed E-state index contributed by atoms with van der Waals surface area (Å²) in [7, 11) is 0. The molecule has 0 radical (unpaired) electrons. The van der Waals surface area contributed by atoms with E-state index in [4.69, 9.17) is 0 Å². The maximum atomic E-state index is 12.0. The van der Waals surface area contributed by atoms with Gasteiger partial charge in [-0.1, -0.05) is 12.1 Å². The zero-order chi connectivity index (χ0) is 16.4. The third kappa shape index (κ3) is 2.91. The molecule has 8 nitrogen and oxygen atoms in total. The largest absolute Gasteiger partial charge is 0.359 e. The van der Waals surface area contributed by atoms with Gasteiger partial charge in [0.1, 0.15) is 0 Å². The molecule has 0 fully saturated rings. The van der Waals surface area contributed by atoms with Crippen LogP contribution in [0.5, 0.6) is 0 Å². The lowest BCUT2D eigenvalue weighted by molar-refractivity contribution is -0.782. The fourth-order valence-corrected chi connectivity index (χ4v) is 2.01. The molecule has 0 saturated carbocycles. The SMILES string of the molecule is O=C(/C=C/c1ccc2no[n+]([O-])c2c1)c1ccc([N+](=O)[O-])cc1. The smallest absolute Gasteiger partial charge is 0.269 e. The molecule has 0 aliphatic rings. The fourth-order valence-electron chi connectivity index (χ4n) is 2.01. The van der Waals surface area contributed by atoms with E-state index in [1.165, 1.54) is 36.4 Å². The van der Waals surface area contributed by atoms with Gasteiger partial charge in [-0.05, 0) is 34.7 Å². The van der Waals surface area contributed by atoms with E-state index in [2.05, 4.69) is 9.79 Å². The minimum atomic E-state index is -0.531. The van der Waals surface area contributed by atoms with Crippen LogP contribution in [0.15, 0.2) is 53.2 Å². The van der Waals surface area contributed by atoms with Crippen LogP contribution in [0, 0.1) is 15.3 Å². The van der Waals surface area contributed by atoms with Crippen LogP contribution in [0.1, 0.15) is 15.9 Å². The van der Waals surface area contributed by atoms with Crippen molar-refractivity contribution in [2.24, 2.45) is 0 Å². The molecule has 0 aliphatic carbocycles. The van der Waals surface area contributed by atoms with Gasteiger partial charge in [0.15, 0.2) is 5.78 Å².